The Balaban J connectivity index is 1.55. The highest BCUT2D eigenvalue weighted by molar-refractivity contribution is 6.31. The number of imide groups is 1. The standard InChI is InChI=1S/C24H21ClN4O6/c1-11-8-12(25)9-14-20(11)26-23(32)24(14)19-18(16-4-3-7-27(16)24)21(30)28(22(19)31)15-6-5-13(29(33)34)10-17(15)35-2/h5-6,8-10,16,18-19H,3-4,7H2,1-2H3,(H,26,32)/t16-,18+,19+,24-/m0/s1. The number of rotatable bonds is 3. The van der Waals surface area contributed by atoms with Crippen LogP contribution in [0.1, 0.15) is 24.0 Å². The average Bonchev–Trinajstić information content (AvgIpc) is 3.52. The van der Waals surface area contributed by atoms with Crippen molar-refractivity contribution in [3.8, 4) is 5.75 Å². The molecule has 10 nitrogen and oxygen atoms in total. The summed E-state index contributed by atoms with van der Waals surface area (Å²) in [5.74, 6) is -2.95. The maximum Gasteiger partial charge on any atom is 0.273 e. The summed E-state index contributed by atoms with van der Waals surface area (Å²) in [5, 5.41) is 14.6. The molecule has 3 fully saturated rings. The zero-order valence-corrected chi connectivity index (χ0v) is 19.7. The van der Waals surface area contributed by atoms with Gasteiger partial charge in [-0.3, -0.25) is 29.4 Å². The van der Waals surface area contributed by atoms with Gasteiger partial charge in [0.2, 0.25) is 17.7 Å². The number of fused-ring (bicyclic) bond motifs is 7. The van der Waals surface area contributed by atoms with Crippen LogP contribution in [0.3, 0.4) is 0 Å². The van der Waals surface area contributed by atoms with Crippen LogP contribution < -0.4 is 15.0 Å². The van der Waals surface area contributed by atoms with Crippen LogP contribution in [0.15, 0.2) is 30.3 Å². The third-order valence-electron chi connectivity index (χ3n) is 7.88. The SMILES string of the molecule is COc1cc([N+](=O)[O-])ccc1N1C(=O)[C@@H]2[C@@H]3CCCN3[C@]3(C(=O)Nc4c(C)cc(Cl)cc43)[C@H]2C1=O. The van der Waals surface area contributed by atoms with Crippen LogP contribution in [0, 0.1) is 28.9 Å². The number of hydrogen-bond acceptors (Lipinski definition) is 7. The summed E-state index contributed by atoms with van der Waals surface area (Å²) in [6.07, 6.45) is 1.47. The number of nitrogens with one attached hydrogen (secondary N) is 1. The first kappa shape index (κ1) is 22.0. The van der Waals surface area contributed by atoms with Gasteiger partial charge in [-0.1, -0.05) is 11.6 Å². The van der Waals surface area contributed by atoms with Gasteiger partial charge in [-0.25, -0.2) is 4.90 Å². The highest BCUT2D eigenvalue weighted by atomic mass is 35.5. The quantitative estimate of drug-likeness (QED) is 0.393. The van der Waals surface area contributed by atoms with E-state index in [1.165, 1.54) is 25.3 Å². The predicted molar refractivity (Wildman–Crippen MR) is 125 cm³/mol. The third kappa shape index (κ3) is 2.61. The molecule has 35 heavy (non-hydrogen) atoms. The summed E-state index contributed by atoms with van der Waals surface area (Å²) in [6.45, 7) is 2.42. The van der Waals surface area contributed by atoms with Crippen molar-refractivity contribution in [3.05, 3.63) is 56.6 Å². The first-order valence-corrected chi connectivity index (χ1v) is 11.7. The number of nitro groups is 1. The van der Waals surface area contributed by atoms with Gasteiger partial charge in [0.15, 0.2) is 0 Å². The highest BCUT2D eigenvalue weighted by Crippen LogP contribution is 2.61. The smallest absolute Gasteiger partial charge is 0.273 e. The maximum absolute atomic E-state index is 14.1. The van der Waals surface area contributed by atoms with Gasteiger partial charge in [0.25, 0.3) is 5.69 Å². The molecule has 4 heterocycles. The van der Waals surface area contributed by atoms with Crippen molar-refractivity contribution in [2.75, 3.05) is 23.9 Å². The summed E-state index contributed by atoms with van der Waals surface area (Å²) >= 11 is 6.40. The van der Waals surface area contributed by atoms with Crippen molar-refractivity contribution in [2.45, 2.75) is 31.3 Å². The normalized spacial score (nSPS) is 28.9. The number of hydrogen-bond donors (Lipinski definition) is 1. The Hall–Kier alpha value is -3.50. The Morgan fingerprint density at radius 3 is 2.69 bits per heavy atom. The molecule has 1 N–H and O–H groups in total. The molecule has 0 bridgehead atoms. The van der Waals surface area contributed by atoms with E-state index in [2.05, 4.69) is 5.32 Å². The Bertz CT molecular complexity index is 1360. The van der Waals surface area contributed by atoms with Crippen LogP contribution in [-0.2, 0) is 19.9 Å². The molecule has 0 aromatic heterocycles. The molecule has 3 saturated heterocycles. The van der Waals surface area contributed by atoms with Crippen LogP contribution in [0.2, 0.25) is 5.02 Å². The van der Waals surface area contributed by atoms with Gasteiger partial charge in [0.1, 0.15) is 11.3 Å². The van der Waals surface area contributed by atoms with E-state index in [4.69, 9.17) is 16.3 Å². The second-order valence-electron chi connectivity index (χ2n) is 9.40. The van der Waals surface area contributed by atoms with Crippen LogP contribution >= 0.6 is 11.6 Å². The molecule has 180 valence electrons. The number of non-ortho nitro benzene ring substituents is 1. The largest absolute Gasteiger partial charge is 0.494 e. The lowest BCUT2D eigenvalue weighted by atomic mass is 9.75. The Morgan fingerprint density at radius 1 is 1.20 bits per heavy atom. The Kier molecular flexibility index (Phi) is 4.56. The van der Waals surface area contributed by atoms with E-state index >= 15 is 0 Å². The van der Waals surface area contributed by atoms with E-state index in [0.29, 0.717) is 29.2 Å². The monoisotopic (exact) mass is 496 g/mol. The molecule has 2 aromatic rings. The summed E-state index contributed by atoms with van der Waals surface area (Å²) in [5.41, 5.74) is 0.567. The van der Waals surface area contributed by atoms with Gasteiger partial charge in [0, 0.05) is 28.4 Å². The fourth-order valence-electron chi connectivity index (χ4n) is 6.64. The zero-order valence-electron chi connectivity index (χ0n) is 18.9. The number of halogens is 1. The zero-order chi connectivity index (χ0) is 24.8. The molecular formula is C24H21ClN4O6. The van der Waals surface area contributed by atoms with Crippen molar-refractivity contribution in [3.63, 3.8) is 0 Å². The minimum absolute atomic E-state index is 0.0355. The summed E-state index contributed by atoms with van der Waals surface area (Å²) < 4.78 is 5.32. The number of amides is 3. The molecule has 0 saturated carbocycles. The van der Waals surface area contributed by atoms with Gasteiger partial charge in [-0.05, 0) is 50.1 Å². The summed E-state index contributed by atoms with van der Waals surface area (Å²) in [7, 11) is 1.32. The third-order valence-corrected chi connectivity index (χ3v) is 8.10. The minimum atomic E-state index is -1.35. The predicted octanol–water partition coefficient (Wildman–Crippen LogP) is 3.00. The molecule has 6 rings (SSSR count). The van der Waals surface area contributed by atoms with E-state index in [1.807, 2.05) is 11.8 Å². The van der Waals surface area contributed by atoms with Gasteiger partial charge >= 0.3 is 0 Å². The molecule has 11 heteroatoms. The second-order valence-corrected chi connectivity index (χ2v) is 9.83. The van der Waals surface area contributed by atoms with Crippen molar-refractivity contribution < 1.29 is 24.0 Å². The van der Waals surface area contributed by atoms with E-state index in [-0.39, 0.29) is 29.1 Å². The van der Waals surface area contributed by atoms with Crippen LogP contribution in [0.5, 0.6) is 5.75 Å². The Morgan fingerprint density at radius 2 is 1.97 bits per heavy atom. The van der Waals surface area contributed by atoms with E-state index in [0.717, 1.165) is 16.9 Å². The lowest BCUT2D eigenvalue weighted by molar-refractivity contribution is -0.384. The number of anilines is 2. The lowest BCUT2D eigenvalue weighted by Crippen LogP contribution is -2.54. The number of nitro benzene ring substituents is 1. The van der Waals surface area contributed by atoms with Gasteiger partial charge in [-0.15, -0.1) is 0 Å². The minimum Gasteiger partial charge on any atom is -0.494 e. The van der Waals surface area contributed by atoms with E-state index in [1.54, 1.807) is 12.1 Å². The van der Waals surface area contributed by atoms with Crippen molar-refractivity contribution >= 4 is 46.4 Å². The summed E-state index contributed by atoms with van der Waals surface area (Å²) in [6, 6.07) is 6.93. The average molecular weight is 497 g/mol. The maximum atomic E-state index is 14.1. The summed E-state index contributed by atoms with van der Waals surface area (Å²) in [4.78, 5) is 55.4. The van der Waals surface area contributed by atoms with Crippen molar-refractivity contribution in [1.82, 2.24) is 4.90 Å². The van der Waals surface area contributed by atoms with Gasteiger partial charge in [-0.2, -0.15) is 0 Å². The molecule has 0 unspecified atom stereocenters. The van der Waals surface area contributed by atoms with Crippen molar-refractivity contribution in [2.24, 2.45) is 11.8 Å². The van der Waals surface area contributed by atoms with Crippen LogP contribution in [0.25, 0.3) is 0 Å². The van der Waals surface area contributed by atoms with Crippen LogP contribution in [-0.4, -0.2) is 47.2 Å². The molecule has 4 aliphatic rings. The van der Waals surface area contributed by atoms with Crippen molar-refractivity contribution in [1.29, 1.82) is 0 Å². The van der Waals surface area contributed by atoms with Gasteiger partial charge < -0.3 is 10.1 Å². The molecule has 1 spiro atoms. The Labute approximate surface area is 204 Å². The van der Waals surface area contributed by atoms with E-state index in [9.17, 15) is 24.5 Å². The molecule has 4 aliphatic heterocycles. The molecule has 4 atom stereocenters. The number of benzene rings is 2. The number of aryl methyl sites for hydroxylation is 1. The fraction of sp³-hybridized carbons (Fsp3) is 0.375. The molecular weight excluding hydrogens is 476 g/mol. The molecule has 3 amide bonds. The number of methoxy groups -OCH3 is 1. The highest BCUT2D eigenvalue weighted by Gasteiger charge is 2.75. The fourth-order valence-corrected chi connectivity index (χ4v) is 6.91. The first-order chi connectivity index (χ1) is 16.7. The van der Waals surface area contributed by atoms with Crippen LogP contribution in [0.4, 0.5) is 17.1 Å². The number of nitrogens with zero attached hydrogens (tertiary/aromatic N) is 3. The number of carbonyl (C=O) groups is 3. The number of carbonyl (C=O) groups excluding carboxylic acids is 3. The molecule has 0 aliphatic carbocycles. The topological polar surface area (TPSA) is 122 Å². The molecule has 0 radical (unpaired) electrons. The molecule has 2 aromatic carbocycles. The number of ether oxygens (including phenoxy) is 1. The first-order valence-electron chi connectivity index (χ1n) is 11.3. The lowest BCUT2D eigenvalue weighted by Gasteiger charge is -2.36. The van der Waals surface area contributed by atoms with Gasteiger partial charge in [0.05, 0.1) is 35.6 Å². The second kappa shape index (κ2) is 7.25. The van der Waals surface area contributed by atoms with E-state index < -0.39 is 34.1 Å².